The van der Waals surface area contributed by atoms with Crippen molar-refractivity contribution in [2.45, 2.75) is 12.8 Å². The van der Waals surface area contributed by atoms with Crippen molar-refractivity contribution in [3.8, 4) is 0 Å². The Bertz CT molecular complexity index is 626. The average molecular weight is 287 g/mol. The molecule has 0 spiro atoms. The van der Waals surface area contributed by atoms with E-state index in [0.29, 0.717) is 24.3 Å². The van der Waals surface area contributed by atoms with Crippen LogP contribution in [-0.2, 0) is 0 Å². The number of aliphatic hydroxyl groups excluding tert-OH is 1. The summed E-state index contributed by atoms with van der Waals surface area (Å²) in [6.07, 6.45) is 3.11. The highest BCUT2D eigenvalue weighted by molar-refractivity contribution is 5.95. The lowest BCUT2D eigenvalue weighted by molar-refractivity contribution is 0.0780. The molecule has 3 heterocycles. The van der Waals surface area contributed by atoms with Crippen LogP contribution in [0.4, 0.5) is 0 Å². The van der Waals surface area contributed by atoms with Gasteiger partial charge < -0.3 is 14.5 Å². The van der Waals surface area contributed by atoms with Crippen molar-refractivity contribution in [2.75, 3.05) is 19.7 Å². The summed E-state index contributed by atoms with van der Waals surface area (Å²) >= 11 is 0. The van der Waals surface area contributed by atoms with E-state index in [1.807, 2.05) is 18.2 Å². The standard InChI is InChI=1S/C15H17N3O3/c1-10-13(9-21-17-10)15(20)18-6-11(8-19)12(7-18)14-4-2-3-5-16-14/h2-5,9,11-12,19H,6-8H2,1H3/t11-,12+/m0/s1. The fraction of sp³-hybridized carbons (Fsp3) is 0.400. The number of aliphatic hydroxyl groups is 1. The first-order valence-corrected chi connectivity index (χ1v) is 6.92. The van der Waals surface area contributed by atoms with E-state index < -0.39 is 0 Å². The number of likely N-dealkylation sites (tertiary alicyclic amines) is 1. The van der Waals surface area contributed by atoms with Gasteiger partial charge in [-0.3, -0.25) is 9.78 Å². The van der Waals surface area contributed by atoms with Gasteiger partial charge in [0.2, 0.25) is 0 Å². The van der Waals surface area contributed by atoms with Crippen LogP contribution in [0.5, 0.6) is 0 Å². The number of aryl methyl sites for hydroxylation is 1. The normalized spacial score (nSPS) is 21.7. The Hall–Kier alpha value is -2.21. The number of aromatic nitrogens is 2. The number of carbonyl (C=O) groups excluding carboxylic acids is 1. The first kappa shape index (κ1) is 13.8. The highest BCUT2D eigenvalue weighted by Gasteiger charge is 2.37. The summed E-state index contributed by atoms with van der Waals surface area (Å²) in [7, 11) is 0. The fourth-order valence-electron chi connectivity index (χ4n) is 2.82. The van der Waals surface area contributed by atoms with Gasteiger partial charge >= 0.3 is 0 Å². The van der Waals surface area contributed by atoms with E-state index in [0.717, 1.165) is 5.69 Å². The topological polar surface area (TPSA) is 79.5 Å². The lowest BCUT2D eigenvalue weighted by atomic mass is 9.93. The predicted molar refractivity (Wildman–Crippen MR) is 74.7 cm³/mol. The van der Waals surface area contributed by atoms with E-state index in [2.05, 4.69) is 10.1 Å². The smallest absolute Gasteiger partial charge is 0.259 e. The number of hydrogen-bond donors (Lipinski definition) is 1. The molecule has 1 aliphatic rings. The zero-order valence-electron chi connectivity index (χ0n) is 11.8. The summed E-state index contributed by atoms with van der Waals surface area (Å²) in [5.74, 6) is -0.0463. The van der Waals surface area contributed by atoms with Gasteiger partial charge in [-0.1, -0.05) is 11.2 Å². The van der Waals surface area contributed by atoms with Crippen molar-refractivity contribution < 1.29 is 14.4 Å². The molecule has 110 valence electrons. The third-order valence-electron chi connectivity index (χ3n) is 4.01. The van der Waals surface area contributed by atoms with E-state index in [1.54, 1.807) is 18.0 Å². The molecule has 0 saturated carbocycles. The van der Waals surface area contributed by atoms with Crippen LogP contribution in [0.3, 0.4) is 0 Å². The fourth-order valence-corrected chi connectivity index (χ4v) is 2.82. The van der Waals surface area contributed by atoms with Crippen LogP contribution in [0.2, 0.25) is 0 Å². The number of pyridine rings is 1. The Labute approximate surface area is 122 Å². The minimum absolute atomic E-state index is 0.00372. The van der Waals surface area contributed by atoms with Crippen LogP contribution >= 0.6 is 0 Å². The zero-order valence-corrected chi connectivity index (χ0v) is 11.8. The molecule has 21 heavy (non-hydrogen) atoms. The van der Waals surface area contributed by atoms with E-state index in [9.17, 15) is 9.90 Å². The van der Waals surface area contributed by atoms with Gasteiger partial charge in [0, 0.05) is 43.4 Å². The summed E-state index contributed by atoms with van der Waals surface area (Å²) in [5.41, 5.74) is 1.98. The molecule has 2 aromatic rings. The maximum Gasteiger partial charge on any atom is 0.259 e. The second-order valence-corrected chi connectivity index (χ2v) is 5.33. The molecule has 3 rings (SSSR count). The quantitative estimate of drug-likeness (QED) is 0.918. The molecule has 0 unspecified atom stereocenters. The molecule has 6 heteroatoms. The summed E-state index contributed by atoms with van der Waals surface area (Å²) in [6, 6.07) is 5.72. The van der Waals surface area contributed by atoms with Crippen LogP contribution < -0.4 is 0 Å². The number of hydrogen-bond acceptors (Lipinski definition) is 5. The van der Waals surface area contributed by atoms with Gasteiger partial charge in [-0.05, 0) is 19.1 Å². The Morgan fingerprint density at radius 3 is 2.95 bits per heavy atom. The monoisotopic (exact) mass is 287 g/mol. The van der Waals surface area contributed by atoms with Crippen LogP contribution in [0.15, 0.2) is 35.2 Å². The Morgan fingerprint density at radius 2 is 2.33 bits per heavy atom. The summed E-state index contributed by atoms with van der Waals surface area (Å²) in [5, 5.41) is 13.3. The number of amides is 1. The average Bonchev–Trinajstić information content (AvgIpc) is 3.13. The highest BCUT2D eigenvalue weighted by Crippen LogP contribution is 2.32. The minimum atomic E-state index is -0.106. The third-order valence-corrected chi connectivity index (χ3v) is 4.01. The van der Waals surface area contributed by atoms with Gasteiger partial charge in [0.1, 0.15) is 11.8 Å². The second-order valence-electron chi connectivity index (χ2n) is 5.33. The molecule has 0 bridgehead atoms. The molecule has 0 radical (unpaired) electrons. The van der Waals surface area contributed by atoms with Crippen molar-refractivity contribution in [3.63, 3.8) is 0 Å². The SMILES string of the molecule is Cc1nocc1C(=O)N1C[C@@H](CO)[C@H](c2ccccn2)C1. The first-order valence-electron chi connectivity index (χ1n) is 6.92. The minimum Gasteiger partial charge on any atom is -0.396 e. The Balaban J connectivity index is 1.81. The van der Waals surface area contributed by atoms with Gasteiger partial charge in [-0.25, -0.2) is 0 Å². The van der Waals surface area contributed by atoms with Crippen molar-refractivity contribution in [2.24, 2.45) is 5.92 Å². The highest BCUT2D eigenvalue weighted by atomic mass is 16.5. The molecule has 1 saturated heterocycles. The molecular weight excluding hydrogens is 270 g/mol. The van der Waals surface area contributed by atoms with E-state index in [4.69, 9.17) is 4.52 Å². The van der Waals surface area contributed by atoms with Gasteiger partial charge in [-0.2, -0.15) is 0 Å². The zero-order chi connectivity index (χ0) is 14.8. The van der Waals surface area contributed by atoms with Gasteiger partial charge in [0.05, 0.1) is 5.69 Å². The third kappa shape index (κ3) is 2.54. The van der Waals surface area contributed by atoms with Crippen LogP contribution in [0, 0.1) is 12.8 Å². The molecule has 6 nitrogen and oxygen atoms in total. The van der Waals surface area contributed by atoms with Crippen LogP contribution in [-0.4, -0.2) is 45.8 Å². The largest absolute Gasteiger partial charge is 0.396 e. The second kappa shape index (κ2) is 5.65. The summed E-state index contributed by atoms with van der Waals surface area (Å²) in [6.45, 7) is 2.84. The Morgan fingerprint density at radius 1 is 1.48 bits per heavy atom. The summed E-state index contributed by atoms with van der Waals surface area (Å²) in [4.78, 5) is 18.6. The molecule has 2 atom stereocenters. The van der Waals surface area contributed by atoms with Crippen molar-refractivity contribution in [1.82, 2.24) is 15.0 Å². The van der Waals surface area contributed by atoms with E-state index in [1.165, 1.54) is 6.26 Å². The Kier molecular flexibility index (Phi) is 3.70. The number of rotatable bonds is 3. The van der Waals surface area contributed by atoms with E-state index in [-0.39, 0.29) is 24.3 Å². The molecule has 2 aromatic heterocycles. The molecule has 1 aliphatic heterocycles. The molecule has 1 amide bonds. The van der Waals surface area contributed by atoms with Crippen molar-refractivity contribution in [3.05, 3.63) is 47.6 Å². The maximum absolute atomic E-state index is 12.5. The van der Waals surface area contributed by atoms with E-state index >= 15 is 0 Å². The van der Waals surface area contributed by atoms with Crippen molar-refractivity contribution >= 4 is 5.91 Å². The van der Waals surface area contributed by atoms with Gasteiger partial charge in [0.25, 0.3) is 5.91 Å². The predicted octanol–water partition coefficient (Wildman–Crippen LogP) is 1.23. The molecule has 0 aromatic carbocycles. The molecule has 1 fully saturated rings. The number of carbonyl (C=O) groups is 1. The summed E-state index contributed by atoms with van der Waals surface area (Å²) < 4.78 is 4.83. The van der Waals surface area contributed by atoms with Crippen molar-refractivity contribution in [1.29, 1.82) is 0 Å². The maximum atomic E-state index is 12.5. The molecule has 1 N–H and O–H groups in total. The van der Waals surface area contributed by atoms with Crippen LogP contribution in [0.25, 0.3) is 0 Å². The molecular formula is C15H17N3O3. The first-order chi connectivity index (χ1) is 10.2. The van der Waals surface area contributed by atoms with Gasteiger partial charge in [0.15, 0.2) is 0 Å². The lowest BCUT2D eigenvalue weighted by Gasteiger charge is -2.15. The lowest BCUT2D eigenvalue weighted by Crippen LogP contribution is -2.29. The van der Waals surface area contributed by atoms with Crippen LogP contribution in [0.1, 0.15) is 27.7 Å². The number of nitrogens with zero attached hydrogens (tertiary/aromatic N) is 3. The molecule has 0 aliphatic carbocycles. The van der Waals surface area contributed by atoms with Gasteiger partial charge in [-0.15, -0.1) is 0 Å².